The number of hydrogen-bond donors (Lipinski definition) is 1. The fourth-order valence-electron chi connectivity index (χ4n) is 2.31. The van der Waals surface area contributed by atoms with E-state index >= 15 is 0 Å². The van der Waals surface area contributed by atoms with Crippen LogP contribution in [0.1, 0.15) is 33.5 Å². The summed E-state index contributed by atoms with van der Waals surface area (Å²) in [4.78, 5) is 8.59. The summed E-state index contributed by atoms with van der Waals surface area (Å²) in [6, 6.07) is 2.40. The fraction of sp³-hybridized carbons (Fsp3) is 0.667. The van der Waals surface area contributed by atoms with Crippen molar-refractivity contribution in [3.63, 3.8) is 0 Å². The van der Waals surface area contributed by atoms with Crippen LogP contribution in [0.3, 0.4) is 0 Å². The first-order chi connectivity index (χ1) is 7.25. The van der Waals surface area contributed by atoms with E-state index in [0.29, 0.717) is 16.9 Å². The Morgan fingerprint density at radius 3 is 2.19 bits per heavy atom. The van der Waals surface area contributed by atoms with Crippen molar-refractivity contribution in [2.75, 3.05) is 5.32 Å². The van der Waals surface area contributed by atoms with Crippen molar-refractivity contribution in [1.29, 1.82) is 0 Å². The highest BCUT2D eigenvalue weighted by Crippen LogP contribution is 2.63. The summed E-state index contributed by atoms with van der Waals surface area (Å²) in [6.45, 7) is 11.0. The summed E-state index contributed by atoms with van der Waals surface area (Å²) in [5.74, 6) is 1.69. The van der Waals surface area contributed by atoms with Gasteiger partial charge in [-0.15, -0.1) is 0 Å². The Morgan fingerprint density at radius 2 is 1.75 bits per heavy atom. The summed E-state index contributed by atoms with van der Waals surface area (Å²) in [5, 5.41) is 3.50. The molecule has 2 rings (SSSR count). The zero-order chi connectivity index (χ0) is 12.1. The molecular weight excluding hydrogens is 266 g/mol. The second-order valence-corrected chi connectivity index (χ2v) is 6.46. The molecule has 1 heterocycles. The minimum Gasteiger partial charge on any atom is -0.366 e. The van der Waals surface area contributed by atoms with Gasteiger partial charge < -0.3 is 5.32 Å². The second-order valence-electron chi connectivity index (χ2n) is 5.64. The van der Waals surface area contributed by atoms with Gasteiger partial charge in [-0.1, -0.05) is 27.7 Å². The van der Waals surface area contributed by atoms with Gasteiger partial charge in [0.2, 0.25) is 0 Å². The van der Waals surface area contributed by atoms with Crippen molar-refractivity contribution in [3.05, 3.63) is 16.5 Å². The van der Waals surface area contributed by atoms with Crippen LogP contribution >= 0.6 is 15.9 Å². The molecule has 1 N–H and O–H groups in total. The van der Waals surface area contributed by atoms with Crippen LogP contribution in [-0.4, -0.2) is 16.0 Å². The van der Waals surface area contributed by atoms with Crippen LogP contribution in [0, 0.1) is 17.8 Å². The first kappa shape index (κ1) is 11.8. The molecule has 3 nitrogen and oxygen atoms in total. The highest BCUT2D eigenvalue weighted by Gasteiger charge is 2.65. The Labute approximate surface area is 105 Å². The Bertz CT molecular complexity index is 392. The normalized spacial score (nSPS) is 21.9. The number of aromatic nitrogens is 2. The summed E-state index contributed by atoms with van der Waals surface area (Å²) in [6.07, 6.45) is 0. The third-order valence-corrected chi connectivity index (χ3v) is 4.53. The van der Waals surface area contributed by atoms with Crippen molar-refractivity contribution in [2.45, 2.75) is 40.7 Å². The summed E-state index contributed by atoms with van der Waals surface area (Å²) in [7, 11) is 0. The maximum absolute atomic E-state index is 4.39. The summed E-state index contributed by atoms with van der Waals surface area (Å²) in [5.41, 5.74) is 0.636. The van der Waals surface area contributed by atoms with Crippen molar-refractivity contribution in [1.82, 2.24) is 9.97 Å². The summed E-state index contributed by atoms with van der Waals surface area (Å²) < 4.78 is 0.832. The Balaban J connectivity index is 2.18. The largest absolute Gasteiger partial charge is 0.366 e. The number of hydrogen-bond acceptors (Lipinski definition) is 3. The van der Waals surface area contributed by atoms with Crippen molar-refractivity contribution < 1.29 is 0 Å². The zero-order valence-electron chi connectivity index (χ0n) is 10.4. The molecule has 1 saturated carbocycles. The monoisotopic (exact) mass is 283 g/mol. The first-order valence-electron chi connectivity index (χ1n) is 5.53. The molecule has 0 unspecified atom stereocenters. The minimum absolute atomic E-state index is 0.318. The molecule has 1 aromatic rings. The number of anilines is 1. The topological polar surface area (TPSA) is 37.8 Å². The molecule has 88 valence electrons. The molecule has 0 saturated heterocycles. The van der Waals surface area contributed by atoms with Crippen LogP contribution in [0.25, 0.3) is 0 Å². The van der Waals surface area contributed by atoms with E-state index in [1.807, 2.05) is 13.0 Å². The predicted octanol–water partition coefficient (Wildman–Crippen LogP) is 3.39. The molecule has 0 spiro atoms. The van der Waals surface area contributed by atoms with Gasteiger partial charge >= 0.3 is 0 Å². The number of rotatable bonds is 2. The third-order valence-electron chi connectivity index (χ3n) is 4.12. The van der Waals surface area contributed by atoms with Crippen LogP contribution in [-0.2, 0) is 0 Å². The lowest BCUT2D eigenvalue weighted by Gasteiger charge is -2.08. The molecule has 0 bridgehead atoms. The fourth-order valence-corrected chi connectivity index (χ4v) is 2.78. The predicted molar refractivity (Wildman–Crippen MR) is 69.4 cm³/mol. The van der Waals surface area contributed by atoms with Gasteiger partial charge in [0, 0.05) is 12.1 Å². The van der Waals surface area contributed by atoms with E-state index in [1.165, 1.54) is 0 Å². The van der Waals surface area contributed by atoms with Crippen molar-refractivity contribution in [3.8, 4) is 0 Å². The summed E-state index contributed by atoms with van der Waals surface area (Å²) >= 11 is 3.39. The molecule has 1 fully saturated rings. The van der Waals surface area contributed by atoms with Crippen LogP contribution in [0.15, 0.2) is 10.7 Å². The average molecular weight is 284 g/mol. The third kappa shape index (κ3) is 1.73. The van der Waals surface area contributed by atoms with Gasteiger partial charge in [0.25, 0.3) is 0 Å². The lowest BCUT2D eigenvalue weighted by atomic mass is 10.0. The van der Waals surface area contributed by atoms with Crippen LogP contribution in [0.2, 0.25) is 0 Å². The van der Waals surface area contributed by atoms with Crippen molar-refractivity contribution >= 4 is 21.7 Å². The molecule has 0 radical (unpaired) electrons. The van der Waals surface area contributed by atoms with Gasteiger partial charge in [0.05, 0.1) is 0 Å². The van der Waals surface area contributed by atoms with Crippen LogP contribution in [0.5, 0.6) is 0 Å². The van der Waals surface area contributed by atoms with Gasteiger partial charge in [0.1, 0.15) is 16.2 Å². The smallest absolute Gasteiger partial charge is 0.131 e. The van der Waals surface area contributed by atoms with Gasteiger partial charge in [0.15, 0.2) is 0 Å². The molecule has 4 heteroatoms. The Hall–Kier alpha value is -0.640. The minimum atomic E-state index is 0.318. The van der Waals surface area contributed by atoms with E-state index in [0.717, 1.165) is 16.2 Å². The number of nitrogens with zero attached hydrogens (tertiary/aromatic N) is 2. The molecule has 0 aromatic carbocycles. The standard InChI is InChI=1S/C12H18BrN3/c1-7-14-8(13)6-9(15-7)16-10-11(2,3)12(10,4)5/h6,10H,1-5H3,(H,14,15,16). The van der Waals surface area contributed by atoms with E-state index in [2.05, 4.69) is 58.9 Å². The van der Waals surface area contributed by atoms with Crippen molar-refractivity contribution in [2.24, 2.45) is 10.8 Å². The first-order valence-corrected chi connectivity index (χ1v) is 6.32. The number of halogens is 1. The van der Waals surface area contributed by atoms with E-state index in [4.69, 9.17) is 0 Å². The average Bonchev–Trinajstić information content (AvgIpc) is 2.46. The number of aryl methyl sites for hydroxylation is 1. The maximum atomic E-state index is 4.39. The lowest BCUT2D eigenvalue weighted by Crippen LogP contribution is -2.12. The molecule has 1 aromatic heterocycles. The lowest BCUT2D eigenvalue weighted by molar-refractivity contribution is 0.457. The Kier molecular flexibility index (Phi) is 2.53. The second kappa shape index (κ2) is 3.42. The van der Waals surface area contributed by atoms with E-state index in [-0.39, 0.29) is 0 Å². The van der Waals surface area contributed by atoms with Gasteiger partial charge in [-0.3, -0.25) is 0 Å². The quantitative estimate of drug-likeness (QED) is 0.846. The zero-order valence-corrected chi connectivity index (χ0v) is 12.0. The van der Waals surface area contributed by atoms with E-state index < -0.39 is 0 Å². The molecule has 16 heavy (non-hydrogen) atoms. The highest BCUT2D eigenvalue weighted by atomic mass is 79.9. The molecule has 0 atom stereocenters. The molecular formula is C12H18BrN3. The van der Waals surface area contributed by atoms with E-state index in [1.54, 1.807) is 0 Å². The van der Waals surface area contributed by atoms with E-state index in [9.17, 15) is 0 Å². The molecule has 0 amide bonds. The molecule has 0 aliphatic heterocycles. The Morgan fingerprint density at radius 1 is 1.19 bits per heavy atom. The van der Waals surface area contributed by atoms with Gasteiger partial charge in [-0.25, -0.2) is 9.97 Å². The van der Waals surface area contributed by atoms with Crippen LogP contribution in [0.4, 0.5) is 5.82 Å². The number of nitrogens with one attached hydrogen (secondary N) is 1. The van der Waals surface area contributed by atoms with Crippen LogP contribution < -0.4 is 5.32 Å². The molecule has 1 aliphatic rings. The maximum Gasteiger partial charge on any atom is 0.131 e. The SMILES string of the molecule is Cc1nc(Br)cc(NC2C(C)(C)C2(C)C)n1. The van der Waals surface area contributed by atoms with Gasteiger partial charge in [-0.2, -0.15) is 0 Å². The highest BCUT2D eigenvalue weighted by molar-refractivity contribution is 9.10. The molecule has 1 aliphatic carbocycles. The van der Waals surface area contributed by atoms with Gasteiger partial charge in [-0.05, 0) is 33.7 Å².